The van der Waals surface area contributed by atoms with Crippen molar-refractivity contribution >= 4 is 11.8 Å². The summed E-state index contributed by atoms with van der Waals surface area (Å²) in [6.45, 7) is 12.2. The smallest absolute Gasteiger partial charge is 0.246 e. The molecule has 2 amide bonds. The SMILES string of the molecule is CCCCC(C)N1C(=O)C(C(C)(C)C)NC(=O)C1CC. The average molecular weight is 282 g/mol. The van der Waals surface area contributed by atoms with Gasteiger partial charge in [-0.2, -0.15) is 0 Å². The zero-order chi connectivity index (χ0) is 15.5. The van der Waals surface area contributed by atoms with Crippen LogP contribution in [0, 0.1) is 5.41 Å². The van der Waals surface area contributed by atoms with Crippen LogP contribution >= 0.6 is 0 Å². The maximum Gasteiger partial charge on any atom is 0.246 e. The summed E-state index contributed by atoms with van der Waals surface area (Å²) in [4.78, 5) is 27.0. The van der Waals surface area contributed by atoms with Gasteiger partial charge in [0.25, 0.3) is 0 Å². The van der Waals surface area contributed by atoms with Crippen LogP contribution in [-0.4, -0.2) is 34.8 Å². The van der Waals surface area contributed by atoms with E-state index in [1.165, 1.54) is 0 Å². The van der Waals surface area contributed by atoms with Gasteiger partial charge in [0.1, 0.15) is 12.1 Å². The second kappa shape index (κ2) is 6.59. The molecule has 1 fully saturated rings. The zero-order valence-electron chi connectivity index (χ0n) is 13.8. The molecule has 3 atom stereocenters. The molecule has 0 radical (unpaired) electrons. The number of nitrogens with zero attached hydrogens (tertiary/aromatic N) is 1. The van der Waals surface area contributed by atoms with Crippen molar-refractivity contribution in [1.29, 1.82) is 0 Å². The van der Waals surface area contributed by atoms with Crippen LogP contribution in [0.1, 0.15) is 67.2 Å². The van der Waals surface area contributed by atoms with Gasteiger partial charge in [-0.1, -0.05) is 47.5 Å². The van der Waals surface area contributed by atoms with E-state index in [9.17, 15) is 9.59 Å². The van der Waals surface area contributed by atoms with E-state index < -0.39 is 6.04 Å². The molecule has 0 aromatic heterocycles. The molecule has 0 bridgehead atoms. The molecule has 4 heteroatoms. The summed E-state index contributed by atoms with van der Waals surface area (Å²) in [5.41, 5.74) is -0.256. The molecule has 1 N–H and O–H groups in total. The van der Waals surface area contributed by atoms with Crippen LogP contribution in [0.2, 0.25) is 0 Å². The number of nitrogens with one attached hydrogen (secondary N) is 1. The first-order valence-electron chi connectivity index (χ1n) is 7.86. The van der Waals surface area contributed by atoms with Crippen molar-refractivity contribution in [3.05, 3.63) is 0 Å². The first-order chi connectivity index (χ1) is 9.23. The Labute approximate surface area is 123 Å². The lowest BCUT2D eigenvalue weighted by Gasteiger charge is -2.45. The number of unbranched alkanes of at least 4 members (excludes halogenated alkanes) is 1. The van der Waals surface area contributed by atoms with Crippen molar-refractivity contribution in [2.24, 2.45) is 5.41 Å². The highest BCUT2D eigenvalue weighted by Gasteiger charge is 2.45. The molecular weight excluding hydrogens is 252 g/mol. The Morgan fingerprint density at radius 1 is 1.25 bits per heavy atom. The topological polar surface area (TPSA) is 49.4 Å². The predicted octanol–water partition coefficient (Wildman–Crippen LogP) is 2.72. The molecular formula is C16H30N2O2. The molecule has 1 heterocycles. The largest absolute Gasteiger partial charge is 0.342 e. The fourth-order valence-corrected chi connectivity index (χ4v) is 2.86. The molecule has 0 saturated carbocycles. The second-order valence-corrected chi connectivity index (χ2v) is 6.97. The fourth-order valence-electron chi connectivity index (χ4n) is 2.86. The van der Waals surface area contributed by atoms with Gasteiger partial charge >= 0.3 is 0 Å². The highest BCUT2D eigenvalue weighted by molar-refractivity contribution is 5.97. The van der Waals surface area contributed by atoms with Crippen molar-refractivity contribution in [3.63, 3.8) is 0 Å². The Balaban J connectivity index is 3.00. The van der Waals surface area contributed by atoms with E-state index >= 15 is 0 Å². The van der Waals surface area contributed by atoms with Crippen molar-refractivity contribution in [2.75, 3.05) is 0 Å². The molecule has 4 nitrogen and oxygen atoms in total. The molecule has 1 aliphatic heterocycles. The summed E-state index contributed by atoms with van der Waals surface area (Å²) in [6, 6.07) is -0.599. The Morgan fingerprint density at radius 2 is 1.85 bits per heavy atom. The van der Waals surface area contributed by atoms with Gasteiger partial charge in [0.05, 0.1) is 0 Å². The first kappa shape index (κ1) is 17.0. The minimum atomic E-state index is -0.415. The van der Waals surface area contributed by atoms with Crippen LogP contribution in [0.5, 0.6) is 0 Å². The maximum atomic E-state index is 12.8. The molecule has 116 valence electrons. The number of piperazine rings is 1. The minimum Gasteiger partial charge on any atom is -0.342 e. The van der Waals surface area contributed by atoms with Gasteiger partial charge in [-0.15, -0.1) is 0 Å². The van der Waals surface area contributed by atoms with Crippen LogP contribution in [0.15, 0.2) is 0 Å². The maximum absolute atomic E-state index is 12.8. The minimum absolute atomic E-state index is 0.00428. The summed E-state index contributed by atoms with van der Waals surface area (Å²) >= 11 is 0. The summed E-state index contributed by atoms with van der Waals surface area (Å²) in [6.07, 6.45) is 3.83. The standard InChI is InChI=1S/C16H30N2O2/c1-7-9-10-11(3)18-12(8-2)14(19)17-13(15(18)20)16(4,5)6/h11-13H,7-10H2,1-6H3,(H,17,19). The fraction of sp³-hybridized carbons (Fsp3) is 0.875. The highest BCUT2D eigenvalue weighted by Crippen LogP contribution is 2.28. The lowest BCUT2D eigenvalue weighted by atomic mass is 9.83. The van der Waals surface area contributed by atoms with Crippen LogP contribution in [0.3, 0.4) is 0 Å². The van der Waals surface area contributed by atoms with Crippen molar-refractivity contribution in [3.8, 4) is 0 Å². The second-order valence-electron chi connectivity index (χ2n) is 6.97. The van der Waals surface area contributed by atoms with Gasteiger partial charge in [0.15, 0.2) is 0 Å². The number of carbonyl (C=O) groups is 2. The van der Waals surface area contributed by atoms with E-state index in [0.717, 1.165) is 19.3 Å². The molecule has 20 heavy (non-hydrogen) atoms. The Morgan fingerprint density at radius 3 is 2.30 bits per heavy atom. The van der Waals surface area contributed by atoms with Crippen LogP contribution in [0.4, 0.5) is 0 Å². The third-order valence-electron chi connectivity index (χ3n) is 4.13. The molecule has 0 spiro atoms. The van der Waals surface area contributed by atoms with Gasteiger partial charge in [-0.3, -0.25) is 9.59 Å². The van der Waals surface area contributed by atoms with Gasteiger partial charge in [-0.25, -0.2) is 0 Å². The highest BCUT2D eigenvalue weighted by atomic mass is 16.2. The monoisotopic (exact) mass is 282 g/mol. The van der Waals surface area contributed by atoms with E-state index in [0.29, 0.717) is 6.42 Å². The van der Waals surface area contributed by atoms with Crippen molar-refractivity contribution in [1.82, 2.24) is 10.2 Å². The molecule has 0 aliphatic carbocycles. The molecule has 1 saturated heterocycles. The van der Waals surface area contributed by atoms with Crippen molar-refractivity contribution < 1.29 is 9.59 Å². The summed E-state index contributed by atoms with van der Waals surface area (Å²) in [5, 5.41) is 2.92. The Bertz CT molecular complexity index is 360. The van der Waals surface area contributed by atoms with E-state index in [1.807, 2.05) is 32.6 Å². The third kappa shape index (κ3) is 3.53. The molecule has 3 unspecified atom stereocenters. The Hall–Kier alpha value is -1.06. The molecule has 0 aromatic carbocycles. The summed E-state index contributed by atoms with van der Waals surface area (Å²) < 4.78 is 0. The average Bonchev–Trinajstić information content (AvgIpc) is 2.36. The van der Waals surface area contributed by atoms with Gasteiger partial charge in [0, 0.05) is 6.04 Å². The Kier molecular flexibility index (Phi) is 5.60. The van der Waals surface area contributed by atoms with Crippen LogP contribution in [-0.2, 0) is 9.59 Å². The van der Waals surface area contributed by atoms with Gasteiger partial charge in [-0.05, 0) is 25.2 Å². The number of hydrogen-bond acceptors (Lipinski definition) is 2. The number of rotatable bonds is 5. The third-order valence-corrected chi connectivity index (χ3v) is 4.13. The van der Waals surface area contributed by atoms with Crippen LogP contribution < -0.4 is 5.32 Å². The van der Waals surface area contributed by atoms with E-state index in [2.05, 4.69) is 19.2 Å². The number of hydrogen-bond donors (Lipinski definition) is 1. The molecule has 1 aliphatic rings. The molecule has 1 rings (SSSR count). The number of amides is 2. The number of carbonyl (C=O) groups excluding carboxylic acids is 2. The van der Waals surface area contributed by atoms with Crippen LogP contribution in [0.25, 0.3) is 0 Å². The normalized spacial score (nSPS) is 25.6. The summed E-state index contributed by atoms with van der Waals surface area (Å²) in [7, 11) is 0. The lowest BCUT2D eigenvalue weighted by molar-refractivity contribution is -0.155. The lowest BCUT2D eigenvalue weighted by Crippen LogP contribution is -2.68. The molecule has 0 aromatic rings. The first-order valence-corrected chi connectivity index (χ1v) is 7.86. The quantitative estimate of drug-likeness (QED) is 0.843. The van der Waals surface area contributed by atoms with Gasteiger partial charge in [0.2, 0.25) is 11.8 Å². The van der Waals surface area contributed by atoms with E-state index in [4.69, 9.17) is 0 Å². The van der Waals surface area contributed by atoms with Crippen molar-refractivity contribution in [2.45, 2.75) is 85.4 Å². The van der Waals surface area contributed by atoms with E-state index in [1.54, 1.807) is 0 Å². The summed E-state index contributed by atoms with van der Waals surface area (Å²) in [5.74, 6) is 0.0722. The van der Waals surface area contributed by atoms with Gasteiger partial charge < -0.3 is 10.2 Å². The predicted molar refractivity (Wildman–Crippen MR) is 81.3 cm³/mol. The van der Waals surface area contributed by atoms with E-state index in [-0.39, 0.29) is 29.3 Å². The zero-order valence-corrected chi connectivity index (χ0v) is 13.8.